The Hall–Kier alpha value is -0.820. The standard InChI is InChI=1S/C12H18O/c1-4-5-12(13)11-7-6-9(2)8-10(11)3/h6-8,12-13H,4-5H2,1-3H3/t12-/m0/s1. The van der Waals surface area contributed by atoms with Crippen LogP contribution in [0.1, 0.15) is 42.6 Å². The number of rotatable bonds is 3. The molecule has 0 aliphatic heterocycles. The Morgan fingerprint density at radius 1 is 1.31 bits per heavy atom. The van der Waals surface area contributed by atoms with Gasteiger partial charge >= 0.3 is 0 Å². The molecule has 1 aromatic rings. The van der Waals surface area contributed by atoms with Crippen molar-refractivity contribution in [2.75, 3.05) is 0 Å². The maximum absolute atomic E-state index is 9.79. The highest BCUT2D eigenvalue weighted by Gasteiger charge is 2.08. The summed E-state index contributed by atoms with van der Waals surface area (Å²) in [6.07, 6.45) is 1.59. The number of benzene rings is 1. The van der Waals surface area contributed by atoms with E-state index in [-0.39, 0.29) is 6.10 Å². The Bertz CT molecular complexity index is 278. The molecule has 1 atom stereocenters. The second kappa shape index (κ2) is 4.43. The second-order valence-corrected chi connectivity index (χ2v) is 3.66. The minimum absolute atomic E-state index is 0.286. The lowest BCUT2D eigenvalue weighted by atomic mass is 9.98. The van der Waals surface area contributed by atoms with Crippen LogP contribution in [-0.4, -0.2) is 5.11 Å². The molecule has 0 bridgehead atoms. The van der Waals surface area contributed by atoms with Crippen molar-refractivity contribution in [3.8, 4) is 0 Å². The van der Waals surface area contributed by atoms with E-state index >= 15 is 0 Å². The van der Waals surface area contributed by atoms with Crippen LogP contribution in [0.2, 0.25) is 0 Å². The van der Waals surface area contributed by atoms with Crippen LogP contribution in [0.3, 0.4) is 0 Å². The second-order valence-electron chi connectivity index (χ2n) is 3.66. The molecular formula is C12H18O. The highest BCUT2D eigenvalue weighted by molar-refractivity contribution is 5.31. The zero-order valence-electron chi connectivity index (χ0n) is 8.67. The summed E-state index contributed by atoms with van der Waals surface area (Å²) >= 11 is 0. The molecule has 0 heterocycles. The van der Waals surface area contributed by atoms with Crippen LogP contribution in [0.15, 0.2) is 18.2 Å². The lowest BCUT2D eigenvalue weighted by Gasteiger charge is -2.12. The van der Waals surface area contributed by atoms with E-state index in [9.17, 15) is 5.11 Å². The first-order chi connectivity index (χ1) is 6.15. The third-order valence-corrected chi connectivity index (χ3v) is 2.35. The quantitative estimate of drug-likeness (QED) is 0.754. The van der Waals surface area contributed by atoms with E-state index in [0.29, 0.717) is 0 Å². The van der Waals surface area contributed by atoms with E-state index in [4.69, 9.17) is 0 Å². The monoisotopic (exact) mass is 178 g/mol. The van der Waals surface area contributed by atoms with Crippen LogP contribution in [0.4, 0.5) is 0 Å². The predicted octanol–water partition coefficient (Wildman–Crippen LogP) is 3.14. The van der Waals surface area contributed by atoms with Gasteiger partial charge in [0.15, 0.2) is 0 Å². The zero-order chi connectivity index (χ0) is 9.84. The van der Waals surface area contributed by atoms with Gasteiger partial charge in [-0.2, -0.15) is 0 Å². The van der Waals surface area contributed by atoms with E-state index in [2.05, 4.69) is 32.9 Å². The molecule has 0 amide bonds. The molecule has 1 heteroatoms. The van der Waals surface area contributed by atoms with E-state index in [1.165, 1.54) is 11.1 Å². The van der Waals surface area contributed by atoms with Gasteiger partial charge in [-0.25, -0.2) is 0 Å². The van der Waals surface area contributed by atoms with Gasteiger partial charge in [-0.15, -0.1) is 0 Å². The molecule has 0 aliphatic rings. The van der Waals surface area contributed by atoms with Crippen molar-refractivity contribution in [1.29, 1.82) is 0 Å². The molecule has 72 valence electrons. The molecule has 0 saturated carbocycles. The van der Waals surface area contributed by atoms with Crippen molar-refractivity contribution in [2.24, 2.45) is 0 Å². The summed E-state index contributed by atoms with van der Waals surface area (Å²) in [5.74, 6) is 0. The van der Waals surface area contributed by atoms with Crippen molar-refractivity contribution in [2.45, 2.75) is 39.7 Å². The first-order valence-electron chi connectivity index (χ1n) is 4.90. The van der Waals surface area contributed by atoms with Gasteiger partial charge in [0.1, 0.15) is 0 Å². The third kappa shape index (κ3) is 2.56. The number of hydrogen-bond donors (Lipinski definition) is 1. The van der Waals surface area contributed by atoms with Gasteiger partial charge in [0.2, 0.25) is 0 Å². The summed E-state index contributed by atoms with van der Waals surface area (Å²) in [4.78, 5) is 0. The summed E-state index contributed by atoms with van der Waals surface area (Å²) in [5, 5.41) is 9.79. The van der Waals surface area contributed by atoms with Crippen molar-refractivity contribution in [1.82, 2.24) is 0 Å². The van der Waals surface area contributed by atoms with Gasteiger partial charge in [0.25, 0.3) is 0 Å². The lowest BCUT2D eigenvalue weighted by Crippen LogP contribution is -1.99. The van der Waals surface area contributed by atoms with Crippen LogP contribution in [0.25, 0.3) is 0 Å². The van der Waals surface area contributed by atoms with E-state index in [1.54, 1.807) is 0 Å². The normalized spacial score (nSPS) is 12.9. The van der Waals surface area contributed by atoms with Crippen molar-refractivity contribution in [3.05, 3.63) is 34.9 Å². The number of aryl methyl sites for hydroxylation is 2. The van der Waals surface area contributed by atoms with Gasteiger partial charge in [0, 0.05) is 0 Å². The van der Waals surface area contributed by atoms with Crippen LogP contribution in [-0.2, 0) is 0 Å². The highest BCUT2D eigenvalue weighted by Crippen LogP contribution is 2.22. The Kier molecular flexibility index (Phi) is 3.49. The molecule has 0 radical (unpaired) electrons. The maximum Gasteiger partial charge on any atom is 0.0792 e. The molecular weight excluding hydrogens is 160 g/mol. The summed E-state index contributed by atoms with van der Waals surface area (Å²) in [6, 6.07) is 6.21. The molecule has 0 aromatic heterocycles. The highest BCUT2D eigenvalue weighted by atomic mass is 16.3. The first kappa shape index (κ1) is 10.3. The topological polar surface area (TPSA) is 20.2 Å². The number of aliphatic hydroxyl groups excluding tert-OH is 1. The van der Waals surface area contributed by atoms with Gasteiger partial charge in [-0.3, -0.25) is 0 Å². The number of aliphatic hydroxyl groups is 1. The van der Waals surface area contributed by atoms with Crippen LogP contribution >= 0.6 is 0 Å². The van der Waals surface area contributed by atoms with Crippen LogP contribution < -0.4 is 0 Å². The van der Waals surface area contributed by atoms with Gasteiger partial charge in [0.05, 0.1) is 6.10 Å². The van der Waals surface area contributed by atoms with Crippen molar-refractivity contribution in [3.63, 3.8) is 0 Å². The average molecular weight is 178 g/mol. The first-order valence-corrected chi connectivity index (χ1v) is 4.90. The minimum atomic E-state index is -0.286. The fourth-order valence-corrected chi connectivity index (χ4v) is 1.63. The van der Waals surface area contributed by atoms with Crippen LogP contribution in [0, 0.1) is 13.8 Å². The van der Waals surface area contributed by atoms with Gasteiger partial charge < -0.3 is 5.11 Å². The summed E-state index contributed by atoms with van der Waals surface area (Å²) in [7, 11) is 0. The molecule has 0 saturated heterocycles. The molecule has 1 aromatic carbocycles. The fraction of sp³-hybridized carbons (Fsp3) is 0.500. The minimum Gasteiger partial charge on any atom is -0.388 e. The summed E-state index contributed by atoms with van der Waals surface area (Å²) in [6.45, 7) is 6.22. The van der Waals surface area contributed by atoms with Gasteiger partial charge in [-0.05, 0) is 31.4 Å². The maximum atomic E-state index is 9.79. The molecule has 1 N–H and O–H groups in total. The smallest absolute Gasteiger partial charge is 0.0792 e. The van der Waals surface area contributed by atoms with E-state index in [0.717, 1.165) is 18.4 Å². The Labute approximate surface area is 80.4 Å². The summed E-state index contributed by atoms with van der Waals surface area (Å²) in [5.41, 5.74) is 3.53. The fourth-order valence-electron chi connectivity index (χ4n) is 1.63. The molecule has 13 heavy (non-hydrogen) atoms. The SMILES string of the molecule is CCC[C@H](O)c1ccc(C)cc1C. The molecule has 0 spiro atoms. The van der Waals surface area contributed by atoms with Crippen molar-refractivity contribution < 1.29 is 5.11 Å². The predicted molar refractivity (Wildman–Crippen MR) is 55.8 cm³/mol. The van der Waals surface area contributed by atoms with Gasteiger partial charge in [-0.1, -0.05) is 37.1 Å². The molecule has 0 aliphatic carbocycles. The molecule has 1 rings (SSSR count). The lowest BCUT2D eigenvalue weighted by molar-refractivity contribution is 0.166. The Morgan fingerprint density at radius 3 is 2.54 bits per heavy atom. The molecule has 0 fully saturated rings. The summed E-state index contributed by atoms with van der Waals surface area (Å²) < 4.78 is 0. The Balaban J connectivity index is 2.88. The van der Waals surface area contributed by atoms with Crippen LogP contribution in [0.5, 0.6) is 0 Å². The van der Waals surface area contributed by atoms with E-state index < -0.39 is 0 Å². The van der Waals surface area contributed by atoms with E-state index in [1.807, 2.05) is 6.07 Å². The average Bonchev–Trinajstić information content (AvgIpc) is 2.04. The Morgan fingerprint density at radius 2 is 2.00 bits per heavy atom. The number of hydrogen-bond acceptors (Lipinski definition) is 1. The molecule has 0 unspecified atom stereocenters. The third-order valence-electron chi connectivity index (χ3n) is 2.35. The molecule has 1 nitrogen and oxygen atoms in total. The largest absolute Gasteiger partial charge is 0.388 e. The van der Waals surface area contributed by atoms with Crippen molar-refractivity contribution >= 4 is 0 Å². The zero-order valence-corrected chi connectivity index (χ0v) is 8.67.